The number of hydrogen-bond donors (Lipinski definition) is 2. The highest BCUT2D eigenvalue weighted by molar-refractivity contribution is 7.98. The zero-order valence-electron chi connectivity index (χ0n) is 22.7. The van der Waals surface area contributed by atoms with Crippen LogP contribution in [0, 0.1) is 0 Å². The molecule has 1 heterocycles. The molecule has 1 aromatic heterocycles. The Morgan fingerprint density at radius 3 is 2.73 bits per heavy atom. The predicted molar refractivity (Wildman–Crippen MR) is 160 cm³/mol. The van der Waals surface area contributed by atoms with Gasteiger partial charge in [-0.3, -0.25) is 9.59 Å². The first-order valence-electron chi connectivity index (χ1n) is 12.5. The number of carbonyl (C=O) groups is 2. The molecule has 11 nitrogen and oxygen atoms in total. The average molecular weight is 593 g/mol. The Kier molecular flexibility index (Phi) is 10.4. The van der Waals surface area contributed by atoms with Gasteiger partial charge in [0.05, 0.1) is 31.1 Å². The molecule has 3 aromatic carbocycles. The highest BCUT2D eigenvalue weighted by atomic mass is 35.5. The van der Waals surface area contributed by atoms with Crippen LogP contribution in [-0.4, -0.2) is 70.9 Å². The van der Waals surface area contributed by atoms with Crippen LogP contribution >= 0.6 is 23.4 Å². The second-order valence-corrected chi connectivity index (χ2v) is 10.5. The Morgan fingerprint density at radius 1 is 1.10 bits per heavy atom. The Morgan fingerprint density at radius 2 is 1.93 bits per heavy atom. The smallest absolute Gasteiger partial charge is 0.273 e. The lowest BCUT2D eigenvalue weighted by Gasteiger charge is -2.12. The molecular formula is C28H29ClN8O3S. The van der Waals surface area contributed by atoms with E-state index in [-0.39, 0.29) is 11.5 Å². The summed E-state index contributed by atoms with van der Waals surface area (Å²) in [6, 6.07) is 19.1. The van der Waals surface area contributed by atoms with Gasteiger partial charge in [0.25, 0.3) is 11.8 Å². The molecule has 0 aliphatic carbocycles. The third kappa shape index (κ3) is 8.61. The molecule has 212 valence electrons. The van der Waals surface area contributed by atoms with Gasteiger partial charge in [-0.25, -0.2) is 10.1 Å². The number of rotatable bonds is 12. The zero-order chi connectivity index (χ0) is 29.2. The molecule has 0 fully saturated rings. The molecule has 41 heavy (non-hydrogen) atoms. The first-order chi connectivity index (χ1) is 19.8. The number of carbonyl (C=O) groups excluding carboxylic acids is 2. The van der Waals surface area contributed by atoms with Crippen LogP contribution in [-0.2, 0) is 12.3 Å². The minimum Gasteiger partial charge on any atom is -0.497 e. The van der Waals surface area contributed by atoms with E-state index < -0.39 is 5.91 Å². The maximum absolute atomic E-state index is 13.2. The van der Waals surface area contributed by atoms with Gasteiger partial charge in [-0.1, -0.05) is 47.6 Å². The van der Waals surface area contributed by atoms with Crippen LogP contribution in [0.4, 0.5) is 5.69 Å². The zero-order valence-corrected chi connectivity index (χ0v) is 24.3. The van der Waals surface area contributed by atoms with Crippen molar-refractivity contribution in [1.82, 2.24) is 30.5 Å². The largest absolute Gasteiger partial charge is 0.497 e. The van der Waals surface area contributed by atoms with E-state index in [4.69, 9.17) is 16.3 Å². The fraction of sp³-hybridized carbons (Fsp3) is 0.214. The van der Waals surface area contributed by atoms with Gasteiger partial charge in [0.1, 0.15) is 5.75 Å². The minimum absolute atomic E-state index is 0.171. The summed E-state index contributed by atoms with van der Waals surface area (Å²) in [5.74, 6) is 0.342. The predicted octanol–water partition coefficient (Wildman–Crippen LogP) is 4.21. The maximum atomic E-state index is 13.2. The number of amides is 2. The number of anilines is 1. The van der Waals surface area contributed by atoms with Gasteiger partial charge in [0, 0.05) is 22.9 Å². The molecule has 2 N–H and O–H groups in total. The lowest BCUT2D eigenvalue weighted by Crippen LogP contribution is -2.21. The van der Waals surface area contributed by atoms with Gasteiger partial charge < -0.3 is 15.0 Å². The quantitative estimate of drug-likeness (QED) is 0.142. The van der Waals surface area contributed by atoms with E-state index >= 15 is 0 Å². The molecule has 0 saturated heterocycles. The van der Waals surface area contributed by atoms with Crippen LogP contribution < -0.4 is 15.5 Å². The highest BCUT2D eigenvalue weighted by Gasteiger charge is 2.16. The molecule has 0 spiro atoms. The number of nitrogens with zero attached hydrogens (tertiary/aromatic N) is 6. The van der Waals surface area contributed by atoms with E-state index in [2.05, 4.69) is 36.3 Å². The van der Waals surface area contributed by atoms with Crippen molar-refractivity contribution in [2.24, 2.45) is 5.10 Å². The average Bonchev–Trinajstić information content (AvgIpc) is 3.43. The second-order valence-electron chi connectivity index (χ2n) is 9.10. The summed E-state index contributed by atoms with van der Waals surface area (Å²) in [5.41, 5.74) is 5.05. The number of aromatic nitrogens is 4. The van der Waals surface area contributed by atoms with E-state index in [0.29, 0.717) is 39.5 Å². The maximum Gasteiger partial charge on any atom is 0.273 e. The summed E-state index contributed by atoms with van der Waals surface area (Å²) in [4.78, 5) is 28.1. The lowest BCUT2D eigenvalue weighted by atomic mass is 10.1. The summed E-state index contributed by atoms with van der Waals surface area (Å²) in [6.07, 6.45) is 1.49. The SMILES string of the molecule is COc1cccc(C=NNC(=O)c2cc(Cl)ccc2NC(=O)c2cccc(CSc3nnnn3CCN(C)C)c2)c1. The standard InChI is InChI=1S/C28H29ClN8O3S/c1-36(2)12-13-37-28(33-34-35-37)41-18-20-7-4-8-21(14-20)26(38)31-25-11-10-22(29)16-24(25)27(39)32-30-17-19-6-5-9-23(15-19)40-3/h4-11,14-17H,12-13,18H2,1-3H3,(H,31,38)(H,32,39). The van der Waals surface area contributed by atoms with Crippen LogP contribution in [0.1, 0.15) is 31.8 Å². The van der Waals surface area contributed by atoms with Gasteiger partial charge in [-0.2, -0.15) is 5.10 Å². The van der Waals surface area contributed by atoms with Crippen LogP contribution in [0.5, 0.6) is 5.75 Å². The molecule has 2 amide bonds. The molecule has 13 heteroatoms. The van der Waals surface area contributed by atoms with Crippen molar-refractivity contribution in [3.63, 3.8) is 0 Å². The third-order valence-electron chi connectivity index (χ3n) is 5.76. The number of hydrazone groups is 1. The summed E-state index contributed by atoms with van der Waals surface area (Å²) >= 11 is 7.64. The number of likely N-dealkylation sites (N-methyl/N-ethyl adjacent to an activating group) is 1. The molecule has 0 saturated carbocycles. The van der Waals surface area contributed by atoms with E-state index in [1.807, 2.05) is 44.4 Å². The Bertz CT molecular complexity index is 1540. The summed E-state index contributed by atoms with van der Waals surface area (Å²) in [6.45, 7) is 1.49. The van der Waals surface area contributed by atoms with Gasteiger partial charge in [0.15, 0.2) is 0 Å². The Balaban J connectivity index is 1.41. The number of halogens is 1. The van der Waals surface area contributed by atoms with Crippen LogP contribution in [0.3, 0.4) is 0 Å². The fourth-order valence-corrected chi connectivity index (χ4v) is 4.66. The van der Waals surface area contributed by atoms with E-state index in [1.165, 1.54) is 24.0 Å². The fourth-order valence-electron chi connectivity index (χ4n) is 3.64. The van der Waals surface area contributed by atoms with Crippen LogP contribution in [0.25, 0.3) is 0 Å². The molecule has 0 bridgehead atoms. The van der Waals surface area contributed by atoms with E-state index in [9.17, 15) is 9.59 Å². The van der Waals surface area contributed by atoms with Crippen molar-refractivity contribution in [3.05, 3.63) is 94.0 Å². The second kappa shape index (κ2) is 14.4. The Hall–Kier alpha value is -4.26. The Labute approximate surface area is 246 Å². The molecule has 0 aliphatic heterocycles. The molecular weight excluding hydrogens is 564 g/mol. The topological polar surface area (TPSA) is 127 Å². The first-order valence-corrected chi connectivity index (χ1v) is 13.9. The van der Waals surface area contributed by atoms with Crippen molar-refractivity contribution in [2.75, 3.05) is 33.1 Å². The number of tetrazole rings is 1. The van der Waals surface area contributed by atoms with Crippen LogP contribution in [0.2, 0.25) is 5.02 Å². The number of thioether (sulfide) groups is 1. The molecule has 0 atom stereocenters. The van der Waals surface area contributed by atoms with Gasteiger partial charge in [-0.15, -0.1) is 5.10 Å². The lowest BCUT2D eigenvalue weighted by molar-refractivity contribution is 0.0956. The monoisotopic (exact) mass is 592 g/mol. The van der Waals surface area contributed by atoms with E-state index in [0.717, 1.165) is 17.7 Å². The molecule has 4 aromatic rings. The van der Waals surface area contributed by atoms with Crippen molar-refractivity contribution in [2.45, 2.75) is 17.5 Å². The van der Waals surface area contributed by atoms with E-state index in [1.54, 1.807) is 42.1 Å². The molecule has 4 rings (SSSR count). The number of hydrogen-bond acceptors (Lipinski definition) is 9. The van der Waals surface area contributed by atoms with Gasteiger partial charge >= 0.3 is 0 Å². The molecule has 0 aliphatic rings. The number of ether oxygens (including phenoxy) is 1. The molecule has 0 radical (unpaired) electrons. The molecule has 0 unspecified atom stereocenters. The third-order valence-corrected chi connectivity index (χ3v) is 7.03. The van der Waals surface area contributed by atoms with Crippen molar-refractivity contribution in [3.8, 4) is 5.75 Å². The summed E-state index contributed by atoms with van der Waals surface area (Å²) in [7, 11) is 5.55. The minimum atomic E-state index is -0.529. The number of methoxy groups -OCH3 is 1. The van der Waals surface area contributed by atoms with Gasteiger partial charge in [-0.05, 0) is 78.1 Å². The van der Waals surface area contributed by atoms with Gasteiger partial charge in [0.2, 0.25) is 5.16 Å². The number of benzene rings is 3. The highest BCUT2D eigenvalue weighted by Crippen LogP contribution is 2.23. The van der Waals surface area contributed by atoms with Crippen molar-refractivity contribution in [1.29, 1.82) is 0 Å². The van der Waals surface area contributed by atoms with Crippen LogP contribution in [0.15, 0.2) is 77.0 Å². The van der Waals surface area contributed by atoms with Crippen molar-refractivity contribution < 1.29 is 14.3 Å². The summed E-state index contributed by atoms with van der Waals surface area (Å²) in [5, 5.41) is 19.8. The number of nitrogens with one attached hydrogen (secondary N) is 2. The normalized spacial score (nSPS) is 11.1. The summed E-state index contributed by atoms with van der Waals surface area (Å²) < 4.78 is 6.96. The van der Waals surface area contributed by atoms with Crippen molar-refractivity contribution >= 4 is 47.1 Å². The first kappa shape index (κ1) is 29.7.